The van der Waals surface area contributed by atoms with Gasteiger partial charge in [-0.15, -0.1) is 0 Å². The number of amides is 1. The number of rotatable bonds is 8. The molecule has 0 unspecified atom stereocenters. The van der Waals surface area contributed by atoms with Crippen LogP contribution in [0.4, 0.5) is 5.69 Å². The van der Waals surface area contributed by atoms with E-state index in [-0.39, 0.29) is 17.3 Å². The highest BCUT2D eigenvalue weighted by Crippen LogP contribution is 2.28. The number of benzene rings is 2. The fourth-order valence-corrected chi connectivity index (χ4v) is 3.24. The molecule has 0 radical (unpaired) electrons. The zero-order valence-corrected chi connectivity index (χ0v) is 16.9. The summed E-state index contributed by atoms with van der Waals surface area (Å²) in [6, 6.07) is 10.6. The molecule has 0 bridgehead atoms. The third kappa shape index (κ3) is 5.08. The van der Waals surface area contributed by atoms with E-state index in [0.717, 1.165) is 4.31 Å². The van der Waals surface area contributed by atoms with Crippen LogP contribution in [0.2, 0.25) is 0 Å². The van der Waals surface area contributed by atoms with Gasteiger partial charge < -0.3 is 14.8 Å². The van der Waals surface area contributed by atoms with Crippen LogP contribution in [-0.2, 0) is 14.8 Å². The number of nitrogens with zero attached hydrogens (tertiary/aromatic N) is 1. The molecule has 2 aromatic rings. The van der Waals surface area contributed by atoms with Crippen molar-refractivity contribution in [3.63, 3.8) is 0 Å². The third-order valence-corrected chi connectivity index (χ3v) is 5.64. The van der Waals surface area contributed by atoms with E-state index in [1.54, 1.807) is 18.2 Å². The molecule has 8 nitrogen and oxygen atoms in total. The number of methoxy groups -OCH3 is 1. The number of hydrogen-bond acceptors (Lipinski definition) is 6. The predicted octanol–water partition coefficient (Wildman–Crippen LogP) is 2.17. The zero-order valence-electron chi connectivity index (χ0n) is 16.1. The van der Waals surface area contributed by atoms with Gasteiger partial charge in [-0.2, -0.15) is 0 Å². The second-order valence-corrected chi connectivity index (χ2v) is 8.23. The van der Waals surface area contributed by atoms with Gasteiger partial charge in [0.15, 0.2) is 23.9 Å². The van der Waals surface area contributed by atoms with Crippen molar-refractivity contribution in [1.82, 2.24) is 4.31 Å². The van der Waals surface area contributed by atoms with Crippen LogP contribution < -0.4 is 14.8 Å². The molecular weight excluding hydrogens is 384 g/mol. The lowest BCUT2D eigenvalue weighted by molar-refractivity contribution is -0.118. The van der Waals surface area contributed by atoms with Gasteiger partial charge in [0.1, 0.15) is 0 Å². The lowest BCUT2D eigenvalue weighted by Crippen LogP contribution is -2.23. The van der Waals surface area contributed by atoms with E-state index < -0.39 is 15.9 Å². The van der Waals surface area contributed by atoms with Crippen molar-refractivity contribution in [2.75, 3.05) is 33.1 Å². The van der Waals surface area contributed by atoms with Crippen molar-refractivity contribution >= 4 is 27.4 Å². The first-order chi connectivity index (χ1) is 13.1. The molecule has 0 heterocycles. The lowest BCUT2D eigenvalue weighted by Gasteiger charge is -2.13. The fraction of sp³-hybridized carbons (Fsp3) is 0.263. The number of Topliss-reactive ketones (excluding diaryl/α,β-unsaturated/α-hetero) is 1. The summed E-state index contributed by atoms with van der Waals surface area (Å²) in [5.41, 5.74) is 0.794. The molecule has 0 aliphatic rings. The van der Waals surface area contributed by atoms with E-state index in [9.17, 15) is 18.0 Å². The number of ether oxygens (including phenoxy) is 2. The summed E-state index contributed by atoms with van der Waals surface area (Å²) in [5, 5.41) is 2.59. The zero-order chi connectivity index (χ0) is 20.9. The molecule has 0 aliphatic carbocycles. The summed E-state index contributed by atoms with van der Waals surface area (Å²) in [5.74, 6) is 0.0541. The van der Waals surface area contributed by atoms with Crippen molar-refractivity contribution < 1.29 is 27.5 Å². The number of nitrogens with one attached hydrogen (secondary N) is 1. The molecule has 0 atom stereocenters. The molecule has 2 aromatic carbocycles. The van der Waals surface area contributed by atoms with E-state index in [1.807, 2.05) is 0 Å². The minimum Gasteiger partial charge on any atom is -0.493 e. The summed E-state index contributed by atoms with van der Waals surface area (Å²) in [7, 11) is 0.689. The Morgan fingerprint density at radius 3 is 2.39 bits per heavy atom. The monoisotopic (exact) mass is 406 g/mol. The molecule has 28 heavy (non-hydrogen) atoms. The second-order valence-electron chi connectivity index (χ2n) is 6.07. The highest BCUT2D eigenvalue weighted by atomic mass is 32.2. The van der Waals surface area contributed by atoms with Gasteiger partial charge >= 0.3 is 0 Å². The Morgan fingerprint density at radius 2 is 1.79 bits per heavy atom. The summed E-state index contributed by atoms with van der Waals surface area (Å²) < 4.78 is 36.1. The van der Waals surface area contributed by atoms with Crippen LogP contribution in [0.25, 0.3) is 0 Å². The Bertz CT molecular complexity index is 986. The van der Waals surface area contributed by atoms with Gasteiger partial charge in [0, 0.05) is 25.3 Å². The quantitative estimate of drug-likeness (QED) is 0.674. The first kappa shape index (κ1) is 21.4. The summed E-state index contributed by atoms with van der Waals surface area (Å²) in [4.78, 5) is 23.7. The Labute approximate surface area is 164 Å². The second kappa shape index (κ2) is 8.85. The van der Waals surface area contributed by atoms with Gasteiger partial charge in [-0.3, -0.25) is 9.59 Å². The first-order valence-electron chi connectivity index (χ1n) is 8.29. The van der Waals surface area contributed by atoms with Crippen molar-refractivity contribution in [1.29, 1.82) is 0 Å². The number of anilines is 1. The van der Waals surface area contributed by atoms with Crippen LogP contribution in [0, 0.1) is 0 Å². The molecule has 0 saturated carbocycles. The molecule has 0 saturated heterocycles. The SMILES string of the molecule is COc1cc(C(C)=O)ccc1OCC(=O)Nc1cccc(S(=O)(=O)N(C)C)c1. The maximum atomic E-state index is 12.2. The largest absolute Gasteiger partial charge is 0.493 e. The van der Waals surface area contributed by atoms with Crippen LogP contribution in [0.3, 0.4) is 0 Å². The summed E-state index contributed by atoms with van der Waals surface area (Å²) in [6.07, 6.45) is 0. The Kier molecular flexibility index (Phi) is 6.76. The maximum Gasteiger partial charge on any atom is 0.262 e. The van der Waals surface area contributed by atoms with Crippen LogP contribution in [0.1, 0.15) is 17.3 Å². The Balaban J connectivity index is 2.07. The third-order valence-electron chi connectivity index (χ3n) is 3.83. The van der Waals surface area contributed by atoms with Gasteiger partial charge in [0.25, 0.3) is 5.91 Å². The highest BCUT2D eigenvalue weighted by molar-refractivity contribution is 7.89. The van der Waals surface area contributed by atoms with Gasteiger partial charge in [0.05, 0.1) is 12.0 Å². The molecule has 0 spiro atoms. The topological polar surface area (TPSA) is 102 Å². The molecule has 1 amide bonds. The maximum absolute atomic E-state index is 12.2. The molecule has 2 rings (SSSR count). The Morgan fingerprint density at radius 1 is 1.07 bits per heavy atom. The Hall–Kier alpha value is -2.91. The minimum atomic E-state index is -3.60. The van der Waals surface area contributed by atoms with Crippen molar-refractivity contribution in [2.24, 2.45) is 0 Å². The molecular formula is C19H22N2O6S. The summed E-state index contributed by atoms with van der Waals surface area (Å²) in [6.45, 7) is 1.12. The van der Waals surface area contributed by atoms with Gasteiger partial charge in [-0.1, -0.05) is 6.07 Å². The predicted molar refractivity (Wildman–Crippen MR) is 104 cm³/mol. The number of carbonyl (C=O) groups is 2. The molecule has 150 valence electrons. The van der Waals surface area contributed by atoms with Gasteiger partial charge in [-0.05, 0) is 43.3 Å². The van der Waals surface area contributed by atoms with Crippen LogP contribution in [-0.4, -0.2) is 52.2 Å². The van der Waals surface area contributed by atoms with E-state index >= 15 is 0 Å². The smallest absolute Gasteiger partial charge is 0.262 e. The number of sulfonamides is 1. The first-order valence-corrected chi connectivity index (χ1v) is 9.73. The number of carbonyl (C=O) groups excluding carboxylic acids is 2. The molecule has 1 N–H and O–H groups in total. The van der Waals surface area contributed by atoms with E-state index in [1.165, 1.54) is 52.4 Å². The molecule has 9 heteroatoms. The normalized spacial score (nSPS) is 11.2. The van der Waals surface area contributed by atoms with Crippen molar-refractivity contribution in [3.8, 4) is 11.5 Å². The lowest BCUT2D eigenvalue weighted by atomic mass is 10.1. The van der Waals surface area contributed by atoms with Gasteiger partial charge in [0.2, 0.25) is 10.0 Å². The molecule has 0 fully saturated rings. The average molecular weight is 406 g/mol. The van der Waals surface area contributed by atoms with E-state index in [4.69, 9.17) is 9.47 Å². The molecule has 0 aromatic heterocycles. The number of ketones is 1. The van der Waals surface area contributed by atoms with E-state index in [2.05, 4.69) is 5.32 Å². The van der Waals surface area contributed by atoms with Crippen LogP contribution in [0.5, 0.6) is 11.5 Å². The van der Waals surface area contributed by atoms with E-state index in [0.29, 0.717) is 22.7 Å². The van der Waals surface area contributed by atoms with Crippen LogP contribution >= 0.6 is 0 Å². The standard InChI is InChI=1S/C19H22N2O6S/c1-13(22)14-8-9-17(18(10-14)26-4)27-12-19(23)20-15-6-5-7-16(11-15)28(24,25)21(2)3/h5-11H,12H2,1-4H3,(H,20,23). The van der Waals surface area contributed by atoms with Gasteiger partial charge in [-0.25, -0.2) is 12.7 Å². The fourth-order valence-electron chi connectivity index (χ4n) is 2.29. The van der Waals surface area contributed by atoms with Crippen molar-refractivity contribution in [3.05, 3.63) is 48.0 Å². The van der Waals surface area contributed by atoms with Crippen LogP contribution in [0.15, 0.2) is 47.4 Å². The molecule has 0 aliphatic heterocycles. The van der Waals surface area contributed by atoms with Crippen molar-refractivity contribution in [2.45, 2.75) is 11.8 Å². The minimum absolute atomic E-state index is 0.0673. The highest BCUT2D eigenvalue weighted by Gasteiger charge is 2.18. The average Bonchev–Trinajstić information content (AvgIpc) is 2.66. The number of hydrogen-bond donors (Lipinski definition) is 1. The summed E-state index contributed by atoms with van der Waals surface area (Å²) >= 11 is 0.